The summed E-state index contributed by atoms with van der Waals surface area (Å²) in [7, 11) is -1.59. The normalized spacial score (nSPS) is 18.4. The second-order valence-corrected chi connectivity index (χ2v) is 6.15. The zero-order chi connectivity index (χ0) is 13.9. The Labute approximate surface area is 113 Å². The third-order valence-electron chi connectivity index (χ3n) is 3.08. The average molecular weight is 285 g/mol. The Morgan fingerprint density at radius 2 is 1.79 bits per heavy atom. The quantitative estimate of drug-likeness (QED) is 0.506. The van der Waals surface area contributed by atoms with Crippen LogP contribution in [0.15, 0.2) is 29.2 Å². The van der Waals surface area contributed by atoms with Gasteiger partial charge in [0.05, 0.1) is 5.69 Å². The highest BCUT2D eigenvalue weighted by Crippen LogP contribution is 2.19. The molecule has 1 aliphatic heterocycles. The van der Waals surface area contributed by atoms with Gasteiger partial charge in [-0.05, 0) is 19.2 Å². The van der Waals surface area contributed by atoms with Gasteiger partial charge in [0.15, 0.2) is 0 Å². The minimum Gasteiger partial charge on any atom is -0.323 e. The number of sulfonamides is 1. The summed E-state index contributed by atoms with van der Waals surface area (Å²) in [6.07, 6.45) is 0. The molecule has 0 saturated carbocycles. The number of anilines is 1. The summed E-state index contributed by atoms with van der Waals surface area (Å²) in [4.78, 5) is 4.89. The van der Waals surface area contributed by atoms with Gasteiger partial charge >= 0.3 is 0 Å². The molecule has 0 radical (unpaired) electrons. The number of hydrazine groups is 2. The Balaban J connectivity index is 2.14. The van der Waals surface area contributed by atoms with Crippen LogP contribution in [0.5, 0.6) is 0 Å². The molecule has 0 aliphatic carbocycles. The van der Waals surface area contributed by atoms with Crippen LogP contribution in [-0.4, -0.2) is 51.6 Å². The zero-order valence-corrected chi connectivity index (χ0v) is 11.7. The molecular formula is C11H19N5O2S. The summed E-state index contributed by atoms with van der Waals surface area (Å²) < 4.78 is 24.6. The molecule has 1 heterocycles. The molecule has 19 heavy (non-hydrogen) atoms. The highest BCUT2D eigenvalue weighted by Gasteiger charge is 2.23. The molecule has 0 unspecified atom stereocenters. The lowest BCUT2D eigenvalue weighted by atomic mass is 10.3. The van der Waals surface area contributed by atoms with Gasteiger partial charge in [-0.3, -0.25) is 5.84 Å². The lowest BCUT2D eigenvalue weighted by Gasteiger charge is -2.32. The predicted octanol–water partition coefficient (Wildman–Crippen LogP) is -0.587. The smallest absolute Gasteiger partial charge is 0.255 e. The third-order valence-corrected chi connectivity index (χ3v) is 4.52. The number of likely N-dealkylation sites (N-methyl/N-ethyl adjacent to an activating group) is 1. The second-order valence-electron chi connectivity index (χ2n) is 4.53. The van der Waals surface area contributed by atoms with E-state index in [9.17, 15) is 8.42 Å². The number of nitrogens with zero attached hydrogens (tertiary/aromatic N) is 2. The zero-order valence-electron chi connectivity index (χ0n) is 10.8. The maximum absolute atomic E-state index is 12.3. The lowest BCUT2D eigenvalue weighted by molar-refractivity contribution is 0.135. The molecular weight excluding hydrogens is 266 g/mol. The molecule has 8 heteroatoms. The maximum atomic E-state index is 12.3. The van der Waals surface area contributed by atoms with Crippen molar-refractivity contribution in [2.45, 2.75) is 4.90 Å². The fourth-order valence-corrected chi connectivity index (χ4v) is 3.23. The number of rotatable bonds is 4. The summed E-state index contributed by atoms with van der Waals surface area (Å²) in [5.41, 5.74) is 2.78. The van der Waals surface area contributed by atoms with Crippen LogP contribution in [0.4, 0.5) is 5.69 Å². The molecule has 106 valence electrons. The minimum atomic E-state index is -3.61. The first-order valence-electron chi connectivity index (χ1n) is 6.04. The SMILES string of the molecule is CN1CCN(NS(=O)(=O)c2ccccc2NN)CC1. The summed E-state index contributed by atoms with van der Waals surface area (Å²) in [5.74, 6) is 5.34. The largest absolute Gasteiger partial charge is 0.323 e. The topological polar surface area (TPSA) is 90.7 Å². The summed E-state index contributed by atoms with van der Waals surface area (Å²) in [6, 6.07) is 6.54. The molecule has 0 aromatic heterocycles. The Kier molecular flexibility index (Phi) is 4.38. The number of para-hydroxylation sites is 1. The van der Waals surface area contributed by atoms with Crippen LogP contribution in [0.25, 0.3) is 0 Å². The molecule has 0 amide bonds. The predicted molar refractivity (Wildman–Crippen MR) is 73.6 cm³/mol. The van der Waals surface area contributed by atoms with Crippen molar-refractivity contribution in [2.24, 2.45) is 5.84 Å². The molecule has 1 aromatic carbocycles. The lowest BCUT2D eigenvalue weighted by Crippen LogP contribution is -2.52. The maximum Gasteiger partial charge on any atom is 0.255 e. The molecule has 1 saturated heterocycles. The van der Waals surface area contributed by atoms with Crippen LogP contribution < -0.4 is 16.1 Å². The molecule has 0 atom stereocenters. The van der Waals surface area contributed by atoms with Crippen molar-refractivity contribution >= 4 is 15.7 Å². The average Bonchev–Trinajstić information content (AvgIpc) is 2.41. The number of nitrogens with two attached hydrogens (primary N) is 1. The number of piperazine rings is 1. The first kappa shape index (κ1) is 14.2. The molecule has 4 N–H and O–H groups in total. The van der Waals surface area contributed by atoms with Crippen LogP contribution in [0.2, 0.25) is 0 Å². The van der Waals surface area contributed by atoms with E-state index < -0.39 is 10.0 Å². The van der Waals surface area contributed by atoms with Gasteiger partial charge < -0.3 is 10.3 Å². The molecule has 2 rings (SSSR count). The van der Waals surface area contributed by atoms with Crippen LogP contribution in [-0.2, 0) is 10.0 Å². The summed E-state index contributed by atoms with van der Waals surface area (Å²) in [5, 5.41) is 1.71. The van der Waals surface area contributed by atoms with E-state index in [2.05, 4.69) is 15.2 Å². The summed E-state index contributed by atoms with van der Waals surface area (Å²) in [6.45, 7) is 2.99. The van der Waals surface area contributed by atoms with Gasteiger partial charge in [0.1, 0.15) is 4.90 Å². The summed E-state index contributed by atoms with van der Waals surface area (Å²) >= 11 is 0. The molecule has 1 aliphatic rings. The number of benzene rings is 1. The van der Waals surface area contributed by atoms with E-state index in [1.54, 1.807) is 23.2 Å². The van der Waals surface area contributed by atoms with E-state index in [1.807, 2.05) is 7.05 Å². The van der Waals surface area contributed by atoms with Crippen molar-refractivity contribution in [3.8, 4) is 0 Å². The first-order chi connectivity index (χ1) is 9.03. The van der Waals surface area contributed by atoms with E-state index in [-0.39, 0.29) is 4.90 Å². The Morgan fingerprint density at radius 1 is 1.16 bits per heavy atom. The van der Waals surface area contributed by atoms with E-state index in [4.69, 9.17) is 5.84 Å². The highest BCUT2D eigenvalue weighted by molar-refractivity contribution is 7.89. The Bertz CT molecular complexity index is 526. The number of hydrogen-bond donors (Lipinski definition) is 3. The van der Waals surface area contributed by atoms with Gasteiger partial charge in [0.25, 0.3) is 10.0 Å². The van der Waals surface area contributed by atoms with Gasteiger partial charge in [-0.1, -0.05) is 12.1 Å². The van der Waals surface area contributed by atoms with Crippen molar-refractivity contribution < 1.29 is 8.42 Å². The van der Waals surface area contributed by atoms with Crippen molar-refractivity contribution in [3.05, 3.63) is 24.3 Å². The Hall–Kier alpha value is -1.19. The molecule has 0 bridgehead atoms. The molecule has 1 aromatic rings. The van der Waals surface area contributed by atoms with Gasteiger partial charge in [0.2, 0.25) is 0 Å². The monoisotopic (exact) mass is 285 g/mol. The van der Waals surface area contributed by atoms with Crippen molar-refractivity contribution in [2.75, 3.05) is 38.7 Å². The van der Waals surface area contributed by atoms with E-state index >= 15 is 0 Å². The number of hydrogen-bond acceptors (Lipinski definition) is 6. The van der Waals surface area contributed by atoms with Crippen molar-refractivity contribution in [3.63, 3.8) is 0 Å². The van der Waals surface area contributed by atoms with Crippen LogP contribution in [0.1, 0.15) is 0 Å². The van der Waals surface area contributed by atoms with Gasteiger partial charge in [-0.25, -0.2) is 13.4 Å². The van der Waals surface area contributed by atoms with Crippen LogP contribution >= 0.6 is 0 Å². The number of nitrogen functional groups attached to an aromatic ring is 1. The fourth-order valence-electron chi connectivity index (χ4n) is 1.94. The first-order valence-corrected chi connectivity index (χ1v) is 7.53. The van der Waals surface area contributed by atoms with Gasteiger partial charge in [0, 0.05) is 26.2 Å². The second kappa shape index (κ2) is 5.85. The van der Waals surface area contributed by atoms with Crippen molar-refractivity contribution in [1.82, 2.24) is 14.7 Å². The Morgan fingerprint density at radius 3 is 2.42 bits per heavy atom. The van der Waals surface area contributed by atoms with Crippen LogP contribution in [0, 0.1) is 0 Å². The van der Waals surface area contributed by atoms with E-state index in [0.717, 1.165) is 13.1 Å². The molecule has 7 nitrogen and oxygen atoms in total. The van der Waals surface area contributed by atoms with E-state index in [1.165, 1.54) is 6.07 Å². The highest BCUT2D eigenvalue weighted by atomic mass is 32.2. The van der Waals surface area contributed by atoms with Gasteiger partial charge in [-0.2, -0.15) is 0 Å². The number of nitrogens with one attached hydrogen (secondary N) is 2. The fraction of sp³-hybridized carbons (Fsp3) is 0.455. The molecule has 0 spiro atoms. The van der Waals surface area contributed by atoms with Crippen LogP contribution in [0.3, 0.4) is 0 Å². The van der Waals surface area contributed by atoms with Gasteiger partial charge in [-0.15, -0.1) is 4.83 Å². The minimum absolute atomic E-state index is 0.149. The molecule has 1 fully saturated rings. The van der Waals surface area contributed by atoms with Crippen molar-refractivity contribution in [1.29, 1.82) is 0 Å². The standard InChI is InChI=1S/C11H19N5O2S/c1-15-6-8-16(9-7-15)14-19(17,18)11-5-3-2-4-10(11)13-12/h2-5,13-14H,6-9,12H2,1H3. The van der Waals surface area contributed by atoms with E-state index in [0.29, 0.717) is 18.8 Å². The third kappa shape index (κ3) is 3.43.